The van der Waals surface area contributed by atoms with Crippen LogP contribution < -0.4 is 14.8 Å². The zero-order valence-corrected chi connectivity index (χ0v) is 28.9. The Morgan fingerprint density at radius 1 is 1.09 bits per heavy atom. The van der Waals surface area contributed by atoms with E-state index in [0.717, 1.165) is 35.1 Å². The average molecular weight is 712 g/mol. The molecule has 4 aromatic rings. The summed E-state index contributed by atoms with van der Waals surface area (Å²) in [6.07, 6.45) is 1.70. The molecule has 0 fully saturated rings. The van der Waals surface area contributed by atoms with Crippen LogP contribution in [0.25, 0.3) is 0 Å². The van der Waals surface area contributed by atoms with Gasteiger partial charge in [-0.05, 0) is 78.0 Å². The largest absolute Gasteiger partial charge is 0.490 e. The molecule has 5 rings (SSSR count). The summed E-state index contributed by atoms with van der Waals surface area (Å²) in [5, 5.41) is 9.39. The van der Waals surface area contributed by atoms with E-state index in [4.69, 9.17) is 35.9 Å². The summed E-state index contributed by atoms with van der Waals surface area (Å²) < 4.78 is 20.5. The molecule has 236 valence electrons. The zero-order valence-electron chi connectivity index (χ0n) is 25.7. The van der Waals surface area contributed by atoms with E-state index in [1.54, 1.807) is 4.68 Å². The summed E-state index contributed by atoms with van der Waals surface area (Å²) in [7, 11) is 0. The van der Waals surface area contributed by atoms with Crippen molar-refractivity contribution in [3.63, 3.8) is 0 Å². The highest BCUT2D eigenvalue weighted by molar-refractivity contribution is 9.10. The van der Waals surface area contributed by atoms with Gasteiger partial charge in [-0.15, -0.1) is 5.10 Å². The third-order valence-electron chi connectivity index (χ3n) is 7.21. The minimum absolute atomic E-state index is 0.335. The Bertz CT molecular complexity index is 1710. The summed E-state index contributed by atoms with van der Waals surface area (Å²) in [5.74, 6) is 1.86. The number of anilines is 1. The molecule has 1 atom stereocenters. The summed E-state index contributed by atoms with van der Waals surface area (Å²) in [6, 6.07) is 19.1. The average Bonchev–Trinajstić information content (AvgIpc) is 3.42. The Kier molecular flexibility index (Phi) is 11.1. The molecule has 8 nitrogen and oxygen atoms in total. The van der Waals surface area contributed by atoms with E-state index < -0.39 is 12.0 Å². The zero-order chi connectivity index (χ0) is 31.9. The molecule has 3 aromatic carbocycles. The number of carbonyl (C=O) groups is 1. The van der Waals surface area contributed by atoms with Crippen molar-refractivity contribution in [3.05, 3.63) is 104 Å². The maximum absolute atomic E-state index is 13.6. The number of aryl methyl sites for hydroxylation is 1. The molecule has 1 unspecified atom stereocenters. The van der Waals surface area contributed by atoms with E-state index in [1.807, 2.05) is 62.4 Å². The van der Waals surface area contributed by atoms with E-state index in [2.05, 4.69) is 47.2 Å². The molecule has 0 spiro atoms. The fourth-order valence-corrected chi connectivity index (χ4v) is 6.71. The van der Waals surface area contributed by atoms with Crippen molar-refractivity contribution < 1.29 is 19.0 Å². The lowest BCUT2D eigenvalue weighted by Gasteiger charge is -2.29. The highest BCUT2D eigenvalue weighted by Crippen LogP contribution is 2.44. The van der Waals surface area contributed by atoms with Gasteiger partial charge in [0.2, 0.25) is 11.1 Å². The Hall–Kier alpha value is -3.47. The van der Waals surface area contributed by atoms with Gasteiger partial charge in [0.15, 0.2) is 11.5 Å². The molecular weight excluding hydrogens is 676 g/mol. The number of nitrogens with one attached hydrogen (secondary N) is 1. The van der Waals surface area contributed by atoms with Gasteiger partial charge in [0, 0.05) is 16.5 Å². The standard InChI is InChI=1S/C34H36BrClN4O4S/c1-5-7-15-43-32(41)29-22(4)37-33-38-34(45-20-24-13-8-9-14-27(24)36)39-40(33)30(29)25-17-26(35)31(28(18-25)42-6-2)44-19-23-12-10-11-21(3)16-23/h8-14,16-18,30H,5-7,15,19-20H2,1-4H3,(H,37,38,39). The number of ether oxygens (including phenoxy) is 3. The lowest BCUT2D eigenvalue weighted by Crippen LogP contribution is -2.30. The Morgan fingerprint density at radius 3 is 2.67 bits per heavy atom. The number of allylic oxidation sites excluding steroid dienone is 1. The smallest absolute Gasteiger partial charge is 0.338 e. The van der Waals surface area contributed by atoms with Crippen LogP contribution in [0.3, 0.4) is 0 Å². The first-order valence-corrected chi connectivity index (χ1v) is 17.1. The molecule has 0 aliphatic carbocycles. The van der Waals surface area contributed by atoms with Crippen LogP contribution in [0.15, 0.2) is 81.6 Å². The van der Waals surface area contributed by atoms with E-state index >= 15 is 0 Å². The molecule has 2 heterocycles. The van der Waals surface area contributed by atoms with Crippen LogP contribution in [-0.4, -0.2) is 33.9 Å². The molecular formula is C34H36BrClN4O4S. The molecule has 0 bridgehead atoms. The number of rotatable bonds is 13. The maximum Gasteiger partial charge on any atom is 0.338 e. The second kappa shape index (κ2) is 15.2. The van der Waals surface area contributed by atoms with Crippen LogP contribution in [0.2, 0.25) is 5.02 Å². The molecule has 1 aliphatic rings. The molecule has 1 aromatic heterocycles. The van der Waals surface area contributed by atoms with Crippen molar-refractivity contribution in [2.24, 2.45) is 0 Å². The number of aromatic nitrogens is 3. The maximum atomic E-state index is 13.6. The number of nitrogens with zero attached hydrogens (tertiary/aromatic N) is 3. The minimum atomic E-state index is -0.626. The second-order valence-electron chi connectivity index (χ2n) is 10.6. The summed E-state index contributed by atoms with van der Waals surface area (Å²) in [4.78, 5) is 18.4. The topological polar surface area (TPSA) is 87.5 Å². The lowest BCUT2D eigenvalue weighted by molar-refractivity contribution is -0.139. The van der Waals surface area contributed by atoms with Crippen LogP contribution in [0.4, 0.5) is 5.95 Å². The van der Waals surface area contributed by atoms with E-state index in [9.17, 15) is 4.79 Å². The molecule has 1 N–H and O–H groups in total. The molecule has 11 heteroatoms. The Labute approximate surface area is 281 Å². The van der Waals surface area contributed by atoms with Crippen LogP contribution in [-0.2, 0) is 21.9 Å². The predicted octanol–water partition coefficient (Wildman–Crippen LogP) is 8.90. The number of carbonyl (C=O) groups excluding carboxylic acids is 1. The van der Waals surface area contributed by atoms with Gasteiger partial charge in [-0.3, -0.25) is 0 Å². The molecule has 0 saturated heterocycles. The highest BCUT2D eigenvalue weighted by Gasteiger charge is 2.36. The van der Waals surface area contributed by atoms with Crippen molar-refractivity contribution >= 4 is 51.2 Å². The number of esters is 1. The van der Waals surface area contributed by atoms with Crippen LogP contribution in [0, 0.1) is 6.92 Å². The SMILES string of the molecule is CCCCOC(=O)C1=C(C)Nc2nc(SCc3ccccc3Cl)nn2C1c1cc(Br)c(OCc2cccc(C)c2)c(OCC)c1. The number of thioether (sulfide) groups is 1. The van der Waals surface area contributed by atoms with Crippen LogP contribution >= 0.6 is 39.3 Å². The quantitative estimate of drug-likeness (QED) is 0.0836. The van der Waals surface area contributed by atoms with Crippen LogP contribution in [0.1, 0.15) is 61.9 Å². The number of halogens is 2. The first kappa shape index (κ1) is 32.9. The fraction of sp³-hybridized carbons (Fsp3) is 0.324. The highest BCUT2D eigenvalue weighted by atomic mass is 79.9. The molecule has 0 saturated carbocycles. The second-order valence-corrected chi connectivity index (χ2v) is 12.8. The number of fused-ring (bicyclic) bond motifs is 1. The molecule has 45 heavy (non-hydrogen) atoms. The monoisotopic (exact) mass is 710 g/mol. The van der Waals surface area contributed by atoms with E-state index in [-0.39, 0.29) is 0 Å². The lowest BCUT2D eigenvalue weighted by atomic mass is 9.95. The molecule has 0 radical (unpaired) electrons. The van der Waals surface area contributed by atoms with Crippen molar-refractivity contribution in [3.8, 4) is 11.5 Å². The summed E-state index contributed by atoms with van der Waals surface area (Å²) in [6.45, 7) is 9.04. The van der Waals surface area contributed by atoms with Crippen molar-refractivity contribution in [1.29, 1.82) is 0 Å². The van der Waals surface area contributed by atoms with Crippen molar-refractivity contribution in [2.75, 3.05) is 18.5 Å². The Morgan fingerprint density at radius 2 is 1.91 bits per heavy atom. The van der Waals surface area contributed by atoms with Crippen LogP contribution in [0.5, 0.6) is 11.5 Å². The first-order valence-electron chi connectivity index (χ1n) is 14.9. The third-order valence-corrected chi connectivity index (χ3v) is 9.06. The summed E-state index contributed by atoms with van der Waals surface area (Å²) >= 11 is 11.6. The van der Waals surface area contributed by atoms with Gasteiger partial charge in [0.1, 0.15) is 12.6 Å². The molecule has 0 amide bonds. The number of unbranched alkanes of at least 4 members (excludes halogenated alkanes) is 1. The molecule has 1 aliphatic heterocycles. The number of benzene rings is 3. The van der Waals surface area contributed by atoms with Gasteiger partial charge in [-0.25, -0.2) is 9.48 Å². The van der Waals surface area contributed by atoms with Gasteiger partial charge in [0.25, 0.3) is 0 Å². The number of hydrogen-bond donors (Lipinski definition) is 1. The van der Waals surface area contributed by atoms with E-state index in [0.29, 0.717) is 68.9 Å². The van der Waals surface area contributed by atoms with Crippen molar-refractivity contribution in [1.82, 2.24) is 14.8 Å². The first-order chi connectivity index (χ1) is 21.8. The number of hydrogen-bond acceptors (Lipinski definition) is 8. The summed E-state index contributed by atoms with van der Waals surface area (Å²) in [5.41, 5.74) is 5.08. The van der Waals surface area contributed by atoms with E-state index in [1.165, 1.54) is 11.8 Å². The fourth-order valence-electron chi connectivity index (χ4n) is 5.02. The normalized spacial score (nSPS) is 14.1. The Balaban J connectivity index is 1.52. The van der Waals surface area contributed by atoms with Gasteiger partial charge in [-0.2, -0.15) is 4.98 Å². The minimum Gasteiger partial charge on any atom is -0.490 e. The van der Waals surface area contributed by atoms with Gasteiger partial charge in [0.05, 0.1) is 23.3 Å². The third kappa shape index (κ3) is 7.85. The van der Waals surface area contributed by atoms with Crippen molar-refractivity contribution in [2.45, 2.75) is 64.1 Å². The predicted molar refractivity (Wildman–Crippen MR) is 182 cm³/mol. The van der Waals surface area contributed by atoms with Gasteiger partial charge < -0.3 is 19.5 Å². The van der Waals surface area contributed by atoms with Gasteiger partial charge >= 0.3 is 5.97 Å². The van der Waals surface area contributed by atoms with Gasteiger partial charge in [-0.1, -0.05) is 84.7 Å².